The molecule has 0 atom stereocenters. The van der Waals surface area contributed by atoms with Gasteiger partial charge in [-0.1, -0.05) is 0 Å². The van der Waals surface area contributed by atoms with Crippen LogP contribution in [0.5, 0.6) is 0 Å². The third kappa shape index (κ3) is 3.38. The van der Waals surface area contributed by atoms with Gasteiger partial charge in [-0.2, -0.15) is 5.10 Å². The van der Waals surface area contributed by atoms with Gasteiger partial charge >= 0.3 is 0 Å². The smallest absolute Gasteiger partial charge is 0.271 e. The van der Waals surface area contributed by atoms with E-state index in [9.17, 15) is 9.18 Å². The van der Waals surface area contributed by atoms with Crippen molar-refractivity contribution in [2.45, 2.75) is 6.42 Å². The van der Waals surface area contributed by atoms with E-state index in [1.807, 2.05) is 0 Å². The summed E-state index contributed by atoms with van der Waals surface area (Å²) in [6.07, 6.45) is 2.14. The Bertz CT molecular complexity index is 551. The number of halogens is 1. The Hall–Kier alpha value is -2.21. The van der Waals surface area contributed by atoms with E-state index < -0.39 is 0 Å². The molecule has 2 N–H and O–H groups in total. The largest absolute Gasteiger partial charge is 0.396 e. The van der Waals surface area contributed by atoms with Gasteiger partial charge in [0, 0.05) is 19.3 Å². The third-order valence-electron chi connectivity index (χ3n) is 2.53. The second kappa shape index (κ2) is 6.10. The summed E-state index contributed by atoms with van der Waals surface area (Å²) in [5.74, 6) is -0.618. The van der Waals surface area contributed by atoms with Crippen LogP contribution in [0.15, 0.2) is 36.5 Å². The van der Waals surface area contributed by atoms with Gasteiger partial charge in [0.1, 0.15) is 5.82 Å². The van der Waals surface area contributed by atoms with Crippen LogP contribution in [-0.4, -0.2) is 33.9 Å². The number of hydrogen-bond donors (Lipinski definition) is 2. The van der Waals surface area contributed by atoms with Gasteiger partial charge in [0.2, 0.25) is 0 Å². The Kier molecular flexibility index (Phi) is 4.25. The van der Waals surface area contributed by atoms with Crippen LogP contribution in [-0.2, 0) is 0 Å². The molecular weight excluding hydrogens is 249 g/mol. The van der Waals surface area contributed by atoms with Crippen LogP contribution in [0.3, 0.4) is 0 Å². The molecule has 0 aliphatic rings. The van der Waals surface area contributed by atoms with Crippen LogP contribution in [0.4, 0.5) is 4.39 Å². The van der Waals surface area contributed by atoms with Gasteiger partial charge in [0.15, 0.2) is 5.69 Å². The number of carbonyl (C=O) groups is 1. The monoisotopic (exact) mass is 263 g/mol. The lowest BCUT2D eigenvalue weighted by molar-refractivity contribution is 0.0945. The van der Waals surface area contributed by atoms with E-state index in [2.05, 4.69) is 10.4 Å². The Morgan fingerprint density at radius 3 is 2.74 bits per heavy atom. The molecule has 2 rings (SSSR count). The third-order valence-corrected chi connectivity index (χ3v) is 2.53. The molecule has 0 unspecified atom stereocenters. The van der Waals surface area contributed by atoms with Gasteiger partial charge in [0.05, 0.1) is 5.69 Å². The summed E-state index contributed by atoms with van der Waals surface area (Å²) in [6.45, 7) is 0.434. The maximum Gasteiger partial charge on any atom is 0.271 e. The first-order valence-corrected chi connectivity index (χ1v) is 5.91. The Morgan fingerprint density at radius 2 is 2.05 bits per heavy atom. The summed E-state index contributed by atoms with van der Waals surface area (Å²) in [5, 5.41) is 15.4. The van der Waals surface area contributed by atoms with Crippen LogP contribution < -0.4 is 5.32 Å². The molecule has 0 aliphatic heterocycles. The Balaban J connectivity index is 2.06. The topological polar surface area (TPSA) is 67.2 Å². The maximum absolute atomic E-state index is 12.8. The molecule has 0 saturated heterocycles. The first kappa shape index (κ1) is 13.2. The van der Waals surface area contributed by atoms with Crippen molar-refractivity contribution in [3.05, 3.63) is 48.0 Å². The lowest BCUT2D eigenvalue weighted by atomic mass is 10.3. The molecule has 1 aromatic carbocycles. The number of aromatic nitrogens is 2. The molecule has 1 aromatic heterocycles. The second-order valence-corrected chi connectivity index (χ2v) is 3.96. The number of carbonyl (C=O) groups excluding carboxylic acids is 1. The van der Waals surface area contributed by atoms with Crippen molar-refractivity contribution in [2.75, 3.05) is 13.2 Å². The van der Waals surface area contributed by atoms with Crippen LogP contribution in [0, 0.1) is 5.82 Å². The highest BCUT2D eigenvalue weighted by Gasteiger charge is 2.09. The molecule has 0 fully saturated rings. The fraction of sp³-hybridized carbons (Fsp3) is 0.231. The molecule has 5 nitrogen and oxygen atoms in total. The minimum Gasteiger partial charge on any atom is -0.396 e. The van der Waals surface area contributed by atoms with E-state index in [1.165, 1.54) is 16.8 Å². The van der Waals surface area contributed by atoms with Crippen LogP contribution >= 0.6 is 0 Å². The van der Waals surface area contributed by atoms with Gasteiger partial charge in [0.25, 0.3) is 5.91 Å². The molecule has 2 aromatic rings. The fourth-order valence-electron chi connectivity index (χ4n) is 1.55. The standard InChI is InChI=1S/C13H14FN3O2/c14-10-2-4-11(5-3-10)17-8-6-12(16-17)13(19)15-7-1-9-18/h2-6,8,18H,1,7,9H2,(H,15,19). The minimum atomic E-state index is -0.321. The fourth-order valence-corrected chi connectivity index (χ4v) is 1.55. The first-order valence-electron chi connectivity index (χ1n) is 5.91. The van der Waals surface area contributed by atoms with Crippen LogP contribution in [0.25, 0.3) is 5.69 Å². The van der Waals surface area contributed by atoms with Crippen molar-refractivity contribution in [1.29, 1.82) is 0 Å². The average molecular weight is 263 g/mol. The predicted octanol–water partition coefficient (Wildman–Crippen LogP) is 1.12. The van der Waals surface area contributed by atoms with Gasteiger partial charge in [-0.15, -0.1) is 0 Å². The number of aliphatic hydroxyl groups is 1. The lowest BCUT2D eigenvalue weighted by Gasteiger charge is -2.02. The zero-order valence-electron chi connectivity index (χ0n) is 10.2. The molecular formula is C13H14FN3O2. The summed E-state index contributed by atoms with van der Waals surface area (Å²) in [6, 6.07) is 7.40. The molecule has 6 heteroatoms. The van der Waals surface area contributed by atoms with Crippen molar-refractivity contribution in [3.8, 4) is 5.69 Å². The van der Waals surface area contributed by atoms with E-state index >= 15 is 0 Å². The molecule has 0 saturated carbocycles. The summed E-state index contributed by atoms with van der Waals surface area (Å²) >= 11 is 0. The van der Waals surface area contributed by atoms with Gasteiger partial charge < -0.3 is 10.4 Å². The quantitative estimate of drug-likeness (QED) is 0.794. The average Bonchev–Trinajstić information content (AvgIpc) is 2.89. The molecule has 0 aliphatic carbocycles. The lowest BCUT2D eigenvalue weighted by Crippen LogP contribution is -2.25. The number of nitrogens with one attached hydrogen (secondary N) is 1. The zero-order valence-corrected chi connectivity index (χ0v) is 10.2. The van der Waals surface area contributed by atoms with Gasteiger partial charge in [-0.05, 0) is 36.8 Å². The summed E-state index contributed by atoms with van der Waals surface area (Å²) in [7, 11) is 0. The highest BCUT2D eigenvalue weighted by Crippen LogP contribution is 2.08. The van der Waals surface area contributed by atoms with Crippen molar-refractivity contribution < 1.29 is 14.3 Å². The molecule has 0 bridgehead atoms. The molecule has 1 amide bonds. The first-order chi connectivity index (χ1) is 9.20. The number of rotatable bonds is 5. The van der Waals surface area contributed by atoms with Crippen molar-refractivity contribution in [3.63, 3.8) is 0 Å². The van der Waals surface area contributed by atoms with E-state index in [4.69, 9.17) is 5.11 Å². The van der Waals surface area contributed by atoms with Crippen molar-refractivity contribution in [2.24, 2.45) is 0 Å². The highest BCUT2D eigenvalue weighted by atomic mass is 19.1. The summed E-state index contributed by atoms with van der Waals surface area (Å²) in [5.41, 5.74) is 0.957. The van der Waals surface area contributed by atoms with E-state index in [-0.39, 0.29) is 24.0 Å². The Labute approximate surface area is 109 Å². The van der Waals surface area contributed by atoms with Crippen LogP contribution in [0.2, 0.25) is 0 Å². The normalized spacial score (nSPS) is 10.4. The number of aliphatic hydroxyl groups excluding tert-OH is 1. The number of benzene rings is 1. The number of hydrogen-bond acceptors (Lipinski definition) is 3. The van der Waals surface area contributed by atoms with Gasteiger partial charge in [-0.3, -0.25) is 4.79 Å². The van der Waals surface area contributed by atoms with Gasteiger partial charge in [-0.25, -0.2) is 9.07 Å². The molecule has 0 spiro atoms. The van der Waals surface area contributed by atoms with E-state index in [1.54, 1.807) is 24.4 Å². The highest BCUT2D eigenvalue weighted by molar-refractivity contribution is 5.92. The second-order valence-electron chi connectivity index (χ2n) is 3.96. The van der Waals surface area contributed by atoms with E-state index in [0.29, 0.717) is 18.7 Å². The summed E-state index contributed by atoms with van der Waals surface area (Å²) < 4.78 is 14.3. The van der Waals surface area contributed by atoms with Crippen LogP contribution in [0.1, 0.15) is 16.9 Å². The number of amides is 1. The zero-order chi connectivity index (χ0) is 13.7. The SMILES string of the molecule is O=C(NCCCO)c1ccn(-c2ccc(F)cc2)n1. The molecule has 100 valence electrons. The Morgan fingerprint density at radius 1 is 1.32 bits per heavy atom. The van der Waals surface area contributed by atoms with Crippen molar-refractivity contribution >= 4 is 5.91 Å². The van der Waals surface area contributed by atoms with E-state index in [0.717, 1.165) is 0 Å². The minimum absolute atomic E-state index is 0.0320. The predicted molar refractivity (Wildman–Crippen MR) is 67.6 cm³/mol. The summed E-state index contributed by atoms with van der Waals surface area (Å²) in [4.78, 5) is 11.7. The molecule has 19 heavy (non-hydrogen) atoms. The molecule has 1 heterocycles. The maximum atomic E-state index is 12.8. The molecule has 0 radical (unpaired) electrons. The number of nitrogens with zero attached hydrogens (tertiary/aromatic N) is 2. The van der Waals surface area contributed by atoms with Crippen molar-refractivity contribution in [1.82, 2.24) is 15.1 Å².